The predicted octanol–water partition coefficient (Wildman–Crippen LogP) is 0.264. The number of quaternary nitrogens is 2. The molecule has 0 radical (unpaired) electrons. The molecule has 4 fully saturated rings. The number of carbonyl (C=O) groups is 2. The summed E-state index contributed by atoms with van der Waals surface area (Å²) in [6.07, 6.45) is 9.75. The molecule has 252 valence electrons. The fourth-order valence-electron chi connectivity index (χ4n) is 10.5. The van der Waals surface area contributed by atoms with Crippen LogP contribution in [-0.4, -0.2) is 84.5 Å². The van der Waals surface area contributed by atoms with E-state index < -0.39 is 5.41 Å². The maximum absolute atomic E-state index is 14.6. The molecule has 0 saturated carbocycles. The van der Waals surface area contributed by atoms with Gasteiger partial charge < -0.3 is 52.4 Å². The molecule has 6 unspecified atom stereocenters. The first-order valence-electron chi connectivity index (χ1n) is 17.5. The lowest BCUT2D eigenvalue weighted by atomic mass is 9.63. The first-order valence-corrected chi connectivity index (χ1v) is 17.5. The number of benzene rings is 2. The van der Waals surface area contributed by atoms with E-state index in [9.17, 15) is 9.59 Å². The van der Waals surface area contributed by atoms with Gasteiger partial charge >= 0.3 is 11.9 Å². The van der Waals surface area contributed by atoms with E-state index in [2.05, 4.69) is 46.1 Å². The highest BCUT2D eigenvalue weighted by Gasteiger charge is 2.55. The molecule has 0 spiro atoms. The molecule has 0 amide bonds. The highest BCUT2D eigenvalue weighted by molar-refractivity contribution is 5.91. The summed E-state index contributed by atoms with van der Waals surface area (Å²) in [6, 6.07) is 20.5. The SMILES string of the molecule is CC[N+]1(C)C2CCC1CC(OC(=O)C1CCC(C(=O)OC3CC4CCC(C3)[N+]4(C)CC)(c3ccccc3)c3ccccc31)C2.[Br-].[Br-]. The van der Waals surface area contributed by atoms with E-state index >= 15 is 0 Å². The fourth-order valence-corrected chi connectivity index (χ4v) is 10.5. The third-order valence-electron chi connectivity index (χ3n) is 13.6. The number of fused-ring (bicyclic) bond motifs is 5. The van der Waals surface area contributed by atoms with Crippen molar-refractivity contribution in [3.63, 3.8) is 0 Å². The summed E-state index contributed by atoms with van der Waals surface area (Å²) in [5, 5.41) is 0. The van der Waals surface area contributed by atoms with Crippen molar-refractivity contribution < 1.29 is 62.0 Å². The van der Waals surface area contributed by atoms with Crippen LogP contribution in [0.2, 0.25) is 0 Å². The standard InChI is InChI=1S/C38H52N2O4.2BrH/c1-5-39(3)27-16-17-28(39)23-31(22-27)43-36(41)34-20-21-38(26-12-8-7-9-13-26,35-15-11-10-14-33(34)35)37(42)44-32-24-29-18-19-30(25-32)40(29,4)6-2;;/h7-15,27-32,34H,5-6,16-25H2,1-4H3;2*1H/q+2;;/p-2. The Kier molecular flexibility index (Phi) is 10.5. The van der Waals surface area contributed by atoms with Crippen molar-refractivity contribution in [2.45, 2.75) is 126 Å². The average Bonchev–Trinajstić information content (AvgIpc) is 3.29. The number of carbonyl (C=O) groups excluding carboxylic acids is 2. The number of piperidine rings is 2. The van der Waals surface area contributed by atoms with Crippen LogP contribution < -0.4 is 34.0 Å². The molecule has 8 heteroatoms. The van der Waals surface area contributed by atoms with Crippen LogP contribution in [0.5, 0.6) is 0 Å². The average molecular weight is 761 g/mol. The van der Waals surface area contributed by atoms with E-state index in [4.69, 9.17) is 9.47 Å². The molecule has 6 atom stereocenters. The van der Waals surface area contributed by atoms with Crippen molar-refractivity contribution in [2.75, 3.05) is 27.2 Å². The van der Waals surface area contributed by atoms with E-state index in [1.165, 1.54) is 25.7 Å². The van der Waals surface area contributed by atoms with E-state index in [-0.39, 0.29) is 64.0 Å². The monoisotopic (exact) mass is 758 g/mol. The normalized spacial score (nSPS) is 38.9. The second kappa shape index (κ2) is 13.6. The number of esters is 2. The Morgan fingerprint density at radius 3 is 1.70 bits per heavy atom. The Morgan fingerprint density at radius 2 is 1.17 bits per heavy atom. The van der Waals surface area contributed by atoms with Gasteiger partial charge in [0.25, 0.3) is 0 Å². The Morgan fingerprint density at radius 1 is 0.696 bits per heavy atom. The van der Waals surface area contributed by atoms with Crippen LogP contribution in [0.3, 0.4) is 0 Å². The van der Waals surface area contributed by atoms with Gasteiger partial charge in [0.1, 0.15) is 17.6 Å². The van der Waals surface area contributed by atoms with Gasteiger partial charge in [-0.15, -0.1) is 0 Å². The van der Waals surface area contributed by atoms with E-state index in [0.29, 0.717) is 37.0 Å². The molecule has 6 nitrogen and oxygen atoms in total. The molecule has 2 aromatic rings. The van der Waals surface area contributed by atoms with E-state index in [0.717, 1.165) is 64.4 Å². The van der Waals surface area contributed by atoms with Crippen LogP contribution in [0.1, 0.15) is 101 Å². The largest absolute Gasteiger partial charge is 1.00 e. The number of ether oxygens (including phenoxy) is 2. The van der Waals surface area contributed by atoms with Crippen LogP contribution in [0.15, 0.2) is 54.6 Å². The minimum Gasteiger partial charge on any atom is -1.00 e. The second-order valence-corrected chi connectivity index (χ2v) is 15.1. The van der Waals surface area contributed by atoms with Gasteiger partial charge in [-0.05, 0) is 43.4 Å². The molecule has 7 rings (SSSR count). The van der Waals surface area contributed by atoms with Crippen molar-refractivity contribution in [3.05, 3.63) is 71.3 Å². The zero-order valence-electron chi connectivity index (χ0n) is 28.0. The summed E-state index contributed by atoms with van der Waals surface area (Å²) in [5.74, 6) is -0.638. The number of hydrogen-bond donors (Lipinski definition) is 0. The summed E-state index contributed by atoms with van der Waals surface area (Å²) < 4.78 is 15.2. The predicted molar refractivity (Wildman–Crippen MR) is 171 cm³/mol. The van der Waals surface area contributed by atoms with Crippen LogP contribution in [0.4, 0.5) is 0 Å². The lowest BCUT2D eigenvalue weighted by molar-refractivity contribution is -0.947. The molecule has 4 heterocycles. The molecular weight excluding hydrogens is 708 g/mol. The topological polar surface area (TPSA) is 52.6 Å². The van der Waals surface area contributed by atoms with Crippen LogP contribution in [-0.2, 0) is 24.5 Å². The third-order valence-corrected chi connectivity index (χ3v) is 13.6. The molecule has 46 heavy (non-hydrogen) atoms. The van der Waals surface area contributed by atoms with E-state index in [1.54, 1.807) is 0 Å². The van der Waals surface area contributed by atoms with Gasteiger partial charge in [-0.3, -0.25) is 9.59 Å². The fraction of sp³-hybridized carbons (Fsp3) is 0.632. The molecule has 0 aromatic heterocycles. The highest BCUT2D eigenvalue weighted by atomic mass is 79.9. The molecule has 1 aliphatic carbocycles. The lowest BCUT2D eigenvalue weighted by Crippen LogP contribution is -3.00. The lowest BCUT2D eigenvalue weighted by Gasteiger charge is -2.47. The van der Waals surface area contributed by atoms with Gasteiger partial charge in [0, 0.05) is 51.4 Å². The zero-order valence-corrected chi connectivity index (χ0v) is 31.2. The summed E-state index contributed by atoms with van der Waals surface area (Å²) in [7, 11) is 4.78. The number of rotatable bonds is 7. The zero-order chi connectivity index (χ0) is 30.7. The molecule has 4 bridgehead atoms. The summed E-state index contributed by atoms with van der Waals surface area (Å²) in [5.41, 5.74) is 1.86. The van der Waals surface area contributed by atoms with Crippen LogP contribution in [0.25, 0.3) is 0 Å². The third kappa shape index (κ3) is 5.61. The van der Waals surface area contributed by atoms with Crippen molar-refractivity contribution in [1.82, 2.24) is 0 Å². The molecule has 4 aliphatic heterocycles. The Balaban J connectivity index is 0.00000208. The Labute approximate surface area is 296 Å². The summed E-state index contributed by atoms with van der Waals surface area (Å²) in [6.45, 7) is 6.86. The summed E-state index contributed by atoms with van der Waals surface area (Å²) >= 11 is 0. The van der Waals surface area contributed by atoms with Crippen molar-refractivity contribution in [3.8, 4) is 0 Å². The summed E-state index contributed by atoms with van der Waals surface area (Å²) in [4.78, 5) is 28.6. The van der Waals surface area contributed by atoms with Crippen LogP contribution in [0, 0.1) is 0 Å². The Bertz CT molecular complexity index is 1380. The van der Waals surface area contributed by atoms with E-state index in [1.807, 2.05) is 36.4 Å². The number of halogens is 2. The van der Waals surface area contributed by atoms with Gasteiger partial charge in [-0.25, -0.2) is 0 Å². The van der Waals surface area contributed by atoms with Gasteiger partial charge in [0.15, 0.2) is 0 Å². The van der Waals surface area contributed by atoms with Crippen molar-refractivity contribution >= 4 is 11.9 Å². The maximum Gasteiger partial charge on any atom is 0.321 e. The maximum atomic E-state index is 14.6. The molecule has 4 saturated heterocycles. The molecule has 2 aromatic carbocycles. The van der Waals surface area contributed by atoms with Gasteiger partial charge in [-0.1, -0.05) is 54.6 Å². The van der Waals surface area contributed by atoms with Crippen molar-refractivity contribution in [2.24, 2.45) is 0 Å². The minimum absolute atomic E-state index is 0. The number of hydrogen-bond acceptors (Lipinski definition) is 4. The van der Waals surface area contributed by atoms with Gasteiger partial charge in [-0.2, -0.15) is 0 Å². The second-order valence-electron chi connectivity index (χ2n) is 15.1. The molecule has 0 N–H and O–H groups in total. The quantitative estimate of drug-likeness (QED) is 0.301. The highest BCUT2D eigenvalue weighted by Crippen LogP contribution is 2.50. The number of nitrogens with zero attached hydrogens (tertiary/aromatic N) is 2. The smallest absolute Gasteiger partial charge is 0.321 e. The first kappa shape index (κ1) is 35.6. The molecular formula is C38H52Br2N2O4. The molecule has 5 aliphatic rings. The first-order chi connectivity index (χ1) is 21.2. The van der Waals surface area contributed by atoms with Gasteiger partial charge in [0.05, 0.1) is 57.3 Å². The van der Waals surface area contributed by atoms with Crippen LogP contribution >= 0.6 is 0 Å². The van der Waals surface area contributed by atoms with Crippen molar-refractivity contribution in [1.29, 1.82) is 0 Å². The Hall–Kier alpha value is -1.74. The van der Waals surface area contributed by atoms with Gasteiger partial charge in [0.2, 0.25) is 0 Å². The minimum atomic E-state index is -0.932.